The highest BCUT2D eigenvalue weighted by Crippen LogP contribution is 2.20. The zero-order valence-electron chi connectivity index (χ0n) is 10.8. The summed E-state index contributed by atoms with van der Waals surface area (Å²) in [5.74, 6) is -0.880. The van der Waals surface area contributed by atoms with E-state index in [0.29, 0.717) is 11.0 Å². The Labute approximate surface area is 123 Å². The predicted octanol–water partition coefficient (Wildman–Crippen LogP) is 2.59. The third kappa shape index (κ3) is 3.16. The molecule has 1 heterocycles. The number of carbonyl (C=O) groups excluding carboxylic acids is 1. The summed E-state index contributed by atoms with van der Waals surface area (Å²) >= 11 is 3.28. The van der Waals surface area contributed by atoms with Crippen LogP contribution in [0.1, 0.15) is 23.0 Å². The van der Waals surface area contributed by atoms with Gasteiger partial charge < -0.3 is 10.5 Å². The van der Waals surface area contributed by atoms with Crippen molar-refractivity contribution in [1.82, 2.24) is 9.78 Å². The van der Waals surface area contributed by atoms with E-state index in [1.165, 1.54) is 16.8 Å². The fourth-order valence-electron chi connectivity index (χ4n) is 1.70. The molecule has 0 radical (unpaired) electrons. The first kappa shape index (κ1) is 14.5. The van der Waals surface area contributed by atoms with Crippen molar-refractivity contribution in [2.75, 3.05) is 12.3 Å². The van der Waals surface area contributed by atoms with Gasteiger partial charge in [0.25, 0.3) is 0 Å². The number of ether oxygens (including phenoxy) is 1. The Morgan fingerprint density at radius 2 is 2.30 bits per heavy atom. The molecule has 1 aromatic heterocycles. The van der Waals surface area contributed by atoms with E-state index >= 15 is 0 Å². The summed E-state index contributed by atoms with van der Waals surface area (Å²) in [5.41, 5.74) is 6.90. The Morgan fingerprint density at radius 3 is 2.95 bits per heavy atom. The Balaban J connectivity index is 2.22. The van der Waals surface area contributed by atoms with Crippen LogP contribution in [0, 0.1) is 5.82 Å². The van der Waals surface area contributed by atoms with Gasteiger partial charge in [0, 0.05) is 10.7 Å². The van der Waals surface area contributed by atoms with E-state index in [0.717, 1.165) is 5.56 Å². The van der Waals surface area contributed by atoms with Crippen molar-refractivity contribution in [3.05, 3.63) is 45.9 Å². The number of nitrogens with two attached hydrogens (primary N) is 1. The van der Waals surface area contributed by atoms with Crippen molar-refractivity contribution in [3.63, 3.8) is 0 Å². The van der Waals surface area contributed by atoms with Crippen molar-refractivity contribution in [2.24, 2.45) is 0 Å². The highest BCUT2D eigenvalue weighted by atomic mass is 79.9. The van der Waals surface area contributed by atoms with Crippen LogP contribution in [-0.2, 0) is 11.3 Å². The van der Waals surface area contributed by atoms with E-state index in [1.54, 1.807) is 19.2 Å². The second-order valence-electron chi connectivity index (χ2n) is 4.09. The summed E-state index contributed by atoms with van der Waals surface area (Å²) in [6.45, 7) is 2.33. The van der Waals surface area contributed by atoms with Gasteiger partial charge in [-0.15, -0.1) is 0 Å². The van der Waals surface area contributed by atoms with Crippen molar-refractivity contribution >= 4 is 27.6 Å². The average Bonchev–Trinajstić information content (AvgIpc) is 2.74. The van der Waals surface area contributed by atoms with E-state index in [2.05, 4.69) is 21.0 Å². The average molecular weight is 342 g/mol. The number of rotatable bonds is 4. The second kappa shape index (κ2) is 6.04. The van der Waals surface area contributed by atoms with Crippen molar-refractivity contribution in [1.29, 1.82) is 0 Å². The van der Waals surface area contributed by atoms with Gasteiger partial charge in [0.15, 0.2) is 5.69 Å². The Bertz CT molecular complexity index is 643. The number of benzene rings is 1. The molecule has 0 aliphatic heterocycles. The molecule has 2 N–H and O–H groups in total. The Kier molecular flexibility index (Phi) is 4.39. The van der Waals surface area contributed by atoms with Crippen LogP contribution in [0.5, 0.6) is 0 Å². The number of hydrogen-bond donors (Lipinski definition) is 1. The SMILES string of the molecule is CCOC(=O)c1nn(Cc2ccc(F)cc2Br)cc1N. The van der Waals surface area contributed by atoms with Crippen LogP contribution in [0.3, 0.4) is 0 Å². The van der Waals surface area contributed by atoms with Gasteiger partial charge in [-0.3, -0.25) is 4.68 Å². The van der Waals surface area contributed by atoms with Crippen molar-refractivity contribution < 1.29 is 13.9 Å². The predicted molar refractivity (Wildman–Crippen MR) is 75.8 cm³/mol. The van der Waals surface area contributed by atoms with Crippen molar-refractivity contribution in [3.8, 4) is 0 Å². The van der Waals surface area contributed by atoms with Gasteiger partial charge in [0.05, 0.1) is 18.8 Å². The maximum atomic E-state index is 13.0. The van der Waals surface area contributed by atoms with Crippen LogP contribution < -0.4 is 5.73 Å². The number of hydrogen-bond acceptors (Lipinski definition) is 4. The van der Waals surface area contributed by atoms with Crippen LogP contribution in [0.15, 0.2) is 28.9 Å². The molecule has 0 aliphatic carbocycles. The molecule has 0 fully saturated rings. The summed E-state index contributed by atoms with van der Waals surface area (Å²) in [7, 11) is 0. The van der Waals surface area contributed by atoms with Crippen molar-refractivity contribution in [2.45, 2.75) is 13.5 Å². The lowest BCUT2D eigenvalue weighted by Crippen LogP contribution is -2.09. The fraction of sp³-hybridized carbons (Fsp3) is 0.231. The first-order valence-corrected chi connectivity index (χ1v) is 6.74. The molecule has 0 unspecified atom stereocenters. The molecular formula is C13H13BrFN3O2. The van der Waals surface area contributed by atoms with Crippen LogP contribution in [-0.4, -0.2) is 22.4 Å². The lowest BCUT2D eigenvalue weighted by molar-refractivity contribution is 0.0519. The maximum absolute atomic E-state index is 13.0. The number of halogens is 2. The molecule has 106 valence electrons. The quantitative estimate of drug-likeness (QED) is 0.867. The van der Waals surface area contributed by atoms with Gasteiger partial charge in [0.1, 0.15) is 5.82 Å². The molecule has 5 nitrogen and oxygen atoms in total. The van der Waals surface area contributed by atoms with Gasteiger partial charge in [-0.1, -0.05) is 22.0 Å². The standard InChI is InChI=1S/C13H13BrFN3O2/c1-2-20-13(19)12-11(16)7-18(17-12)6-8-3-4-9(15)5-10(8)14/h3-5,7H,2,6,16H2,1H3. The van der Waals surface area contributed by atoms with Gasteiger partial charge in [-0.25, -0.2) is 9.18 Å². The summed E-state index contributed by atoms with van der Waals surface area (Å²) in [5, 5.41) is 4.09. The minimum atomic E-state index is -0.554. The number of anilines is 1. The largest absolute Gasteiger partial charge is 0.461 e. The molecular weight excluding hydrogens is 329 g/mol. The molecule has 20 heavy (non-hydrogen) atoms. The highest BCUT2D eigenvalue weighted by molar-refractivity contribution is 9.10. The topological polar surface area (TPSA) is 70.1 Å². The van der Waals surface area contributed by atoms with E-state index in [4.69, 9.17) is 10.5 Å². The minimum Gasteiger partial charge on any atom is -0.461 e. The van der Waals surface area contributed by atoms with Gasteiger partial charge in [0.2, 0.25) is 0 Å². The zero-order chi connectivity index (χ0) is 14.7. The van der Waals surface area contributed by atoms with E-state index in [9.17, 15) is 9.18 Å². The molecule has 0 atom stereocenters. The Morgan fingerprint density at radius 1 is 1.55 bits per heavy atom. The number of aromatic nitrogens is 2. The lowest BCUT2D eigenvalue weighted by Gasteiger charge is -2.04. The molecule has 1 aromatic carbocycles. The summed E-state index contributed by atoms with van der Waals surface area (Å²) in [6, 6.07) is 4.37. The molecule has 2 aromatic rings. The minimum absolute atomic E-state index is 0.0880. The van der Waals surface area contributed by atoms with Crippen LogP contribution in [0.2, 0.25) is 0 Å². The molecule has 0 saturated heterocycles. The molecule has 0 aliphatic rings. The van der Waals surface area contributed by atoms with Gasteiger partial charge in [-0.2, -0.15) is 5.10 Å². The molecule has 7 heteroatoms. The first-order chi connectivity index (χ1) is 9.51. The molecule has 0 spiro atoms. The van der Waals surface area contributed by atoms with Crippen LogP contribution in [0.25, 0.3) is 0 Å². The fourth-order valence-corrected chi connectivity index (χ4v) is 2.18. The number of nitrogens with zero attached hydrogens (tertiary/aromatic N) is 2. The van der Waals surface area contributed by atoms with Gasteiger partial charge >= 0.3 is 5.97 Å². The Hall–Kier alpha value is -1.89. The summed E-state index contributed by atoms with van der Waals surface area (Å²) in [6.07, 6.45) is 1.54. The zero-order valence-corrected chi connectivity index (χ0v) is 12.4. The molecule has 0 amide bonds. The second-order valence-corrected chi connectivity index (χ2v) is 4.94. The van der Waals surface area contributed by atoms with E-state index in [1.807, 2.05) is 0 Å². The molecule has 2 rings (SSSR count). The lowest BCUT2D eigenvalue weighted by atomic mass is 10.2. The third-order valence-corrected chi connectivity index (χ3v) is 3.34. The third-order valence-electron chi connectivity index (χ3n) is 2.61. The van der Waals surface area contributed by atoms with Crippen LogP contribution in [0.4, 0.5) is 10.1 Å². The summed E-state index contributed by atoms with van der Waals surface area (Å²) in [4.78, 5) is 11.6. The number of esters is 1. The normalized spacial score (nSPS) is 10.6. The monoisotopic (exact) mass is 341 g/mol. The first-order valence-electron chi connectivity index (χ1n) is 5.95. The summed E-state index contributed by atoms with van der Waals surface area (Å²) < 4.78 is 20.0. The molecule has 0 bridgehead atoms. The van der Waals surface area contributed by atoms with E-state index in [-0.39, 0.29) is 23.8 Å². The maximum Gasteiger partial charge on any atom is 0.361 e. The van der Waals surface area contributed by atoms with Gasteiger partial charge in [-0.05, 0) is 24.6 Å². The smallest absolute Gasteiger partial charge is 0.361 e. The number of nitrogen functional groups attached to an aromatic ring is 1. The number of carbonyl (C=O) groups is 1. The van der Waals surface area contributed by atoms with Crippen LogP contribution >= 0.6 is 15.9 Å². The highest BCUT2D eigenvalue weighted by Gasteiger charge is 2.16. The molecule has 0 saturated carbocycles. The van der Waals surface area contributed by atoms with E-state index < -0.39 is 5.97 Å².